The van der Waals surface area contributed by atoms with E-state index in [-0.39, 0.29) is 5.91 Å². The molecule has 2 atom stereocenters. The Hall–Kier alpha value is -0.570. The summed E-state index contributed by atoms with van der Waals surface area (Å²) in [7, 11) is 0. The Morgan fingerprint density at radius 1 is 1.57 bits per heavy atom. The Morgan fingerprint density at radius 2 is 2.36 bits per heavy atom. The molecule has 0 aromatic rings. The van der Waals surface area contributed by atoms with E-state index in [1.54, 1.807) is 6.92 Å². The van der Waals surface area contributed by atoms with Crippen LogP contribution in [0.3, 0.4) is 0 Å². The first-order valence-corrected chi connectivity index (χ1v) is 5.52. The molecule has 2 fully saturated rings. The third kappa shape index (κ3) is 1.65. The highest BCUT2D eigenvalue weighted by molar-refractivity contribution is 5.73. The molecule has 1 N–H and O–H groups in total. The zero-order valence-corrected chi connectivity index (χ0v) is 8.83. The lowest BCUT2D eigenvalue weighted by molar-refractivity contribution is -0.128. The molecule has 2 aliphatic rings. The quantitative estimate of drug-likeness (QED) is 0.681. The minimum atomic E-state index is 0.203. The first-order chi connectivity index (χ1) is 6.65. The summed E-state index contributed by atoms with van der Waals surface area (Å²) < 4.78 is 0. The average Bonchev–Trinajstić information content (AvgIpc) is 2.74. The fourth-order valence-electron chi connectivity index (χ4n) is 3.06. The van der Waals surface area contributed by atoms with Crippen molar-refractivity contribution in [3.05, 3.63) is 0 Å². The van der Waals surface area contributed by atoms with E-state index in [1.807, 2.05) is 4.90 Å². The first-order valence-electron chi connectivity index (χ1n) is 5.52. The van der Waals surface area contributed by atoms with Crippen molar-refractivity contribution in [3.63, 3.8) is 0 Å². The summed E-state index contributed by atoms with van der Waals surface area (Å²) in [6, 6.07) is 0. The van der Waals surface area contributed by atoms with E-state index in [2.05, 4.69) is 0 Å². The van der Waals surface area contributed by atoms with Gasteiger partial charge >= 0.3 is 0 Å². The van der Waals surface area contributed by atoms with Gasteiger partial charge in [-0.2, -0.15) is 0 Å². The van der Waals surface area contributed by atoms with Crippen LogP contribution in [0.25, 0.3) is 0 Å². The Morgan fingerprint density at radius 3 is 2.86 bits per heavy atom. The molecular weight excluding hydrogens is 178 g/mol. The fourth-order valence-corrected chi connectivity index (χ4v) is 3.06. The van der Waals surface area contributed by atoms with Crippen molar-refractivity contribution < 1.29 is 9.90 Å². The zero-order valence-electron chi connectivity index (χ0n) is 8.83. The molecule has 1 aliphatic heterocycles. The minimum absolute atomic E-state index is 0.203. The van der Waals surface area contributed by atoms with Gasteiger partial charge in [0.25, 0.3) is 0 Å². The second-order valence-electron chi connectivity index (χ2n) is 4.98. The Labute approximate surface area is 85.1 Å². The Balaban J connectivity index is 1.97. The molecule has 0 unspecified atom stereocenters. The summed E-state index contributed by atoms with van der Waals surface area (Å²) in [5.74, 6) is 0.691. The summed E-state index contributed by atoms with van der Waals surface area (Å²) in [5.41, 5.74) is 0.360. The Bertz CT molecular complexity index is 241. The minimum Gasteiger partial charge on any atom is -0.396 e. The predicted octanol–water partition coefficient (Wildman–Crippen LogP) is 1.02. The smallest absolute Gasteiger partial charge is 0.219 e. The SMILES string of the molecule is CC(=O)N1CC[C@]2(CC[C@@H](CO)C2)C1. The van der Waals surface area contributed by atoms with E-state index in [1.165, 1.54) is 6.42 Å². The van der Waals surface area contributed by atoms with Gasteiger partial charge in [-0.1, -0.05) is 0 Å². The third-order valence-electron chi connectivity index (χ3n) is 3.95. The van der Waals surface area contributed by atoms with Gasteiger partial charge in [-0.15, -0.1) is 0 Å². The lowest BCUT2D eigenvalue weighted by Crippen LogP contribution is -2.29. The standard InChI is InChI=1S/C11H19NO2/c1-9(14)12-5-4-11(8-12)3-2-10(6-11)7-13/h10,13H,2-8H2,1H3/t10-,11+/m1/s1. The molecular formula is C11H19NO2. The molecule has 1 amide bonds. The van der Waals surface area contributed by atoms with Gasteiger partial charge in [0, 0.05) is 26.6 Å². The van der Waals surface area contributed by atoms with E-state index in [0.29, 0.717) is 17.9 Å². The van der Waals surface area contributed by atoms with Gasteiger partial charge < -0.3 is 10.0 Å². The topological polar surface area (TPSA) is 40.5 Å². The number of nitrogens with zero attached hydrogens (tertiary/aromatic N) is 1. The molecule has 1 aliphatic carbocycles. The van der Waals surface area contributed by atoms with Crippen LogP contribution in [0.15, 0.2) is 0 Å². The van der Waals surface area contributed by atoms with Crippen LogP contribution < -0.4 is 0 Å². The number of aliphatic hydroxyl groups is 1. The molecule has 1 heterocycles. The summed E-state index contributed by atoms with van der Waals surface area (Å²) in [6.45, 7) is 3.83. The van der Waals surface area contributed by atoms with Gasteiger partial charge in [0.15, 0.2) is 0 Å². The van der Waals surface area contributed by atoms with Gasteiger partial charge in [-0.25, -0.2) is 0 Å². The number of rotatable bonds is 1. The maximum atomic E-state index is 11.2. The second kappa shape index (κ2) is 3.54. The predicted molar refractivity (Wildman–Crippen MR) is 53.7 cm³/mol. The first kappa shape index (κ1) is 9.97. The van der Waals surface area contributed by atoms with Crippen molar-refractivity contribution in [2.45, 2.75) is 32.6 Å². The second-order valence-corrected chi connectivity index (χ2v) is 4.98. The monoisotopic (exact) mass is 197 g/mol. The number of aliphatic hydroxyl groups excluding tert-OH is 1. The van der Waals surface area contributed by atoms with Crippen molar-refractivity contribution in [1.82, 2.24) is 4.90 Å². The highest BCUT2D eigenvalue weighted by Gasteiger charge is 2.44. The van der Waals surface area contributed by atoms with E-state index >= 15 is 0 Å². The molecule has 0 bridgehead atoms. The van der Waals surface area contributed by atoms with Crippen LogP contribution in [-0.2, 0) is 4.79 Å². The van der Waals surface area contributed by atoms with E-state index in [9.17, 15) is 4.79 Å². The maximum absolute atomic E-state index is 11.2. The maximum Gasteiger partial charge on any atom is 0.219 e. The number of hydrogen-bond acceptors (Lipinski definition) is 2. The van der Waals surface area contributed by atoms with E-state index in [4.69, 9.17) is 5.11 Å². The van der Waals surface area contributed by atoms with Gasteiger partial charge in [0.1, 0.15) is 0 Å². The summed E-state index contributed by atoms with van der Waals surface area (Å²) in [6.07, 6.45) is 4.60. The molecule has 1 spiro atoms. The normalized spacial score (nSPS) is 37.0. The number of likely N-dealkylation sites (tertiary alicyclic amines) is 1. The van der Waals surface area contributed by atoms with Crippen LogP contribution in [0, 0.1) is 11.3 Å². The average molecular weight is 197 g/mol. The number of carbonyl (C=O) groups is 1. The summed E-state index contributed by atoms with van der Waals surface area (Å²) in [5, 5.41) is 9.10. The van der Waals surface area contributed by atoms with Gasteiger partial charge in [-0.3, -0.25) is 4.79 Å². The zero-order chi connectivity index (χ0) is 10.2. The van der Waals surface area contributed by atoms with Gasteiger partial charge in [0.2, 0.25) is 5.91 Å². The molecule has 14 heavy (non-hydrogen) atoms. The lowest BCUT2D eigenvalue weighted by Gasteiger charge is -2.23. The molecule has 3 heteroatoms. The highest BCUT2D eigenvalue weighted by atomic mass is 16.3. The highest BCUT2D eigenvalue weighted by Crippen LogP contribution is 2.47. The molecule has 0 aromatic carbocycles. The van der Waals surface area contributed by atoms with Crippen LogP contribution in [-0.4, -0.2) is 35.6 Å². The number of carbonyl (C=O) groups excluding carboxylic acids is 1. The lowest BCUT2D eigenvalue weighted by atomic mass is 9.84. The van der Waals surface area contributed by atoms with Crippen molar-refractivity contribution in [2.24, 2.45) is 11.3 Å². The molecule has 0 radical (unpaired) electrons. The van der Waals surface area contributed by atoms with Crippen molar-refractivity contribution in [1.29, 1.82) is 0 Å². The van der Waals surface area contributed by atoms with Crippen LogP contribution in [0.4, 0.5) is 0 Å². The molecule has 1 saturated heterocycles. The molecule has 1 saturated carbocycles. The van der Waals surface area contributed by atoms with Crippen molar-refractivity contribution in [2.75, 3.05) is 19.7 Å². The summed E-state index contributed by atoms with van der Waals surface area (Å²) >= 11 is 0. The van der Waals surface area contributed by atoms with E-state index < -0.39 is 0 Å². The molecule has 0 aromatic heterocycles. The van der Waals surface area contributed by atoms with Crippen LogP contribution in [0.2, 0.25) is 0 Å². The van der Waals surface area contributed by atoms with Gasteiger partial charge in [0.05, 0.1) is 0 Å². The van der Waals surface area contributed by atoms with Gasteiger partial charge in [-0.05, 0) is 37.0 Å². The number of hydrogen-bond donors (Lipinski definition) is 1. The largest absolute Gasteiger partial charge is 0.396 e. The van der Waals surface area contributed by atoms with Crippen LogP contribution in [0.1, 0.15) is 32.6 Å². The van der Waals surface area contributed by atoms with Crippen LogP contribution in [0.5, 0.6) is 0 Å². The molecule has 3 nitrogen and oxygen atoms in total. The third-order valence-corrected chi connectivity index (χ3v) is 3.95. The van der Waals surface area contributed by atoms with Crippen molar-refractivity contribution >= 4 is 5.91 Å². The van der Waals surface area contributed by atoms with Crippen molar-refractivity contribution in [3.8, 4) is 0 Å². The van der Waals surface area contributed by atoms with Crippen LogP contribution >= 0.6 is 0 Å². The van der Waals surface area contributed by atoms with E-state index in [0.717, 1.165) is 32.4 Å². The fraction of sp³-hybridized carbons (Fsp3) is 0.909. The molecule has 80 valence electrons. The summed E-state index contributed by atoms with van der Waals surface area (Å²) in [4.78, 5) is 13.2. The Kier molecular flexibility index (Phi) is 2.52. The number of amides is 1. The molecule has 2 rings (SSSR count).